The SMILES string of the molecule is O=C(Nc1nnc(SCc2ccccc2)s1)c1ccc(NS(=O)(=O)c2ccccc2)cc1. The maximum Gasteiger partial charge on any atom is 0.261 e. The topological polar surface area (TPSA) is 101 Å². The zero-order chi connectivity index (χ0) is 22.4. The number of benzene rings is 3. The Bertz CT molecular complexity index is 1290. The summed E-state index contributed by atoms with van der Waals surface area (Å²) in [7, 11) is -3.69. The van der Waals surface area contributed by atoms with Gasteiger partial charge in [-0.3, -0.25) is 14.8 Å². The van der Waals surface area contributed by atoms with Crippen molar-refractivity contribution in [1.29, 1.82) is 0 Å². The number of rotatable bonds is 8. The van der Waals surface area contributed by atoms with Crippen molar-refractivity contribution < 1.29 is 13.2 Å². The van der Waals surface area contributed by atoms with Crippen LogP contribution >= 0.6 is 23.1 Å². The van der Waals surface area contributed by atoms with Gasteiger partial charge in [-0.15, -0.1) is 10.2 Å². The molecule has 32 heavy (non-hydrogen) atoms. The van der Waals surface area contributed by atoms with Gasteiger partial charge in [-0.05, 0) is 42.0 Å². The lowest BCUT2D eigenvalue weighted by Gasteiger charge is -2.08. The summed E-state index contributed by atoms with van der Waals surface area (Å²) in [6.07, 6.45) is 0. The first-order chi connectivity index (χ1) is 15.5. The Labute approximate surface area is 194 Å². The number of nitrogens with one attached hydrogen (secondary N) is 2. The zero-order valence-electron chi connectivity index (χ0n) is 16.6. The second-order valence-corrected chi connectivity index (χ2v) is 10.5. The Balaban J connectivity index is 1.35. The molecular formula is C22H18N4O3S3. The number of aromatic nitrogens is 2. The van der Waals surface area contributed by atoms with E-state index in [0.29, 0.717) is 16.4 Å². The molecule has 0 radical (unpaired) electrons. The summed E-state index contributed by atoms with van der Waals surface area (Å²) in [6, 6.07) is 24.3. The van der Waals surface area contributed by atoms with Crippen LogP contribution in [0.4, 0.5) is 10.8 Å². The number of carbonyl (C=O) groups excluding carboxylic acids is 1. The van der Waals surface area contributed by atoms with E-state index in [1.807, 2.05) is 30.3 Å². The zero-order valence-corrected chi connectivity index (χ0v) is 19.1. The van der Waals surface area contributed by atoms with Crippen LogP contribution in [0, 0.1) is 0 Å². The average Bonchev–Trinajstić information content (AvgIpc) is 3.26. The largest absolute Gasteiger partial charge is 0.296 e. The molecule has 0 aliphatic carbocycles. The van der Waals surface area contributed by atoms with Gasteiger partial charge in [0.1, 0.15) is 0 Å². The third-order valence-electron chi connectivity index (χ3n) is 4.28. The molecule has 0 saturated heterocycles. The Morgan fingerprint density at radius 1 is 0.875 bits per heavy atom. The Kier molecular flexibility index (Phi) is 6.84. The maximum atomic E-state index is 12.5. The first-order valence-corrected chi connectivity index (χ1v) is 12.8. The molecule has 0 atom stereocenters. The lowest BCUT2D eigenvalue weighted by Crippen LogP contribution is -2.14. The minimum absolute atomic E-state index is 0.166. The lowest BCUT2D eigenvalue weighted by atomic mass is 10.2. The van der Waals surface area contributed by atoms with E-state index in [1.54, 1.807) is 42.1 Å². The number of sulfonamides is 1. The number of amides is 1. The van der Waals surface area contributed by atoms with Gasteiger partial charge in [-0.2, -0.15) is 0 Å². The van der Waals surface area contributed by atoms with Crippen LogP contribution in [0.2, 0.25) is 0 Å². The highest BCUT2D eigenvalue weighted by atomic mass is 32.2. The second kappa shape index (κ2) is 9.94. The number of hydrogen-bond acceptors (Lipinski definition) is 7. The monoisotopic (exact) mass is 482 g/mol. The van der Waals surface area contributed by atoms with E-state index < -0.39 is 10.0 Å². The van der Waals surface area contributed by atoms with Crippen molar-refractivity contribution in [3.05, 3.63) is 96.1 Å². The molecule has 0 bridgehead atoms. The van der Waals surface area contributed by atoms with Gasteiger partial charge >= 0.3 is 0 Å². The molecule has 7 nitrogen and oxygen atoms in total. The van der Waals surface area contributed by atoms with Crippen molar-refractivity contribution in [2.75, 3.05) is 10.0 Å². The lowest BCUT2D eigenvalue weighted by molar-refractivity contribution is 0.102. The fourth-order valence-corrected chi connectivity index (χ4v) is 5.49. The van der Waals surface area contributed by atoms with E-state index in [1.165, 1.54) is 41.2 Å². The molecule has 1 amide bonds. The number of anilines is 2. The van der Waals surface area contributed by atoms with Gasteiger partial charge in [0, 0.05) is 17.0 Å². The molecule has 0 aliphatic rings. The molecule has 3 aromatic carbocycles. The minimum atomic E-state index is -3.69. The smallest absolute Gasteiger partial charge is 0.261 e. The van der Waals surface area contributed by atoms with Crippen LogP contribution in [0.15, 0.2) is 94.2 Å². The van der Waals surface area contributed by atoms with Crippen molar-refractivity contribution in [2.45, 2.75) is 15.0 Å². The predicted molar refractivity (Wildman–Crippen MR) is 128 cm³/mol. The molecule has 0 fully saturated rings. The predicted octanol–water partition coefficient (Wildman–Crippen LogP) is 4.88. The number of thioether (sulfide) groups is 1. The molecule has 0 saturated carbocycles. The third kappa shape index (κ3) is 5.72. The molecule has 1 aromatic heterocycles. The Morgan fingerprint density at radius 2 is 1.53 bits per heavy atom. The van der Waals surface area contributed by atoms with Crippen molar-refractivity contribution in [1.82, 2.24) is 10.2 Å². The summed E-state index contributed by atoms with van der Waals surface area (Å²) in [5.41, 5.74) is 1.92. The van der Waals surface area contributed by atoms with Crippen molar-refractivity contribution in [2.24, 2.45) is 0 Å². The highest BCUT2D eigenvalue weighted by molar-refractivity contribution is 8.00. The summed E-state index contributed by atoms with van der Waals surface area (Å²) >= 11 is 2.85. The summed E-state index contributed by atoms with van der Waals surface area (Å²) in [5.74, 6) is 0.419. The first-order valence-electron chi connectivity index (χ1n) is 9.49. The molecule has 162 valence electrons. The highest BCUT2D eigenvalue weighted by Crippen LogP contribution is 2.28. The van der Waals surface area contributed by atoms with E-state index in [4.69, 9.17) is 0 Å². The Hall–Kier alpha value is -3.21. The fourth-order valence-electron chi connectivity index (χ4n) is 2.71. The summed E-state index contributed by atoms with van der Waals surface area (Å²) in [4.78, 5) is 12.7. The van der Waals surface area contributed by atoms with Crippen LogP contribution in [-0.4, -0.2) is 24.5 Å². The second-order valence-electron chi connectivity index (χ2n) is 6.60. The van der Waals surface area contributed by atoms with E-state index in [9.17, 15) is 13.2 Å². The summed E-state index contributed by atoms with van der Waals surface area (Å²) in [5, 5.41) is 11.2. The maximum absolute atomic E-state index is 12.5. The fraction of sp³-hybridized carbons (Fsp3) is 0.0455. The third-order valence-corrected chi connectivity index (χ3v) is 7.73. The summed E-state index contributed by atoms with van der Waals surface area (Å²) < 4.78 is 28.1. The molecule has 0 spiro atoms. The van der Waals surface area contributed by atoms with Gasteiger partial charge in [-0.25, -0.2) is 8.42 Å². The average molecular weight is 483 g/mol. The Morgan fingerprint density at radius 3 is 2.22 bits per heavy atom. The van der Waals surface area contributed by atoms with Crippen LogP contribution < -0.4 is 10.0 Å². The molecule has 2 N–H and O–H groups in total. The van der Waals surface area contributed by atoms with Crippen LogP contribution in [0.3, 0.4) is 0 Å². The molecule has 0 unspecified atom stereocenters. The first kappa shape index (κ1) is 22.0. The van der Waals surface area contributed by atoms with Crippen LogP contribution in [0.5, 0.6) is 0 Å². The van der Waals surface area contributed by atoms with Gasteiger partial charge in [0.25, 0.3) is 15.9 Å². The van der Waals surface area contributed by atoms with E-state index in [-0.39, 0.29) is 10.8 Å². The number of nitrogens with zero attached hydrogens (tertiary/aromatic N) is 2. The molecule has 1 heterocycles. The van der Waals surface area contributed by atoms with Crippen molar-refractivity contribution >= 4 is 49.8 Å². The van der Waals surface area contributed by atoms with Crippen LogP contribution in [0.1, 0.15) is 15.9 Å². The number of hydrogen-bond donors (Lipinski definition) is 2. The van der Waals surface area contributed by atoms with Gasteiger partial charge in [0.2, 0.25) is 5.13 Å². The molecule has 4 aromatic rings. The molecule has 4 rings (SSSR count). The van der Waals surface area contributed by atoms with E-state index in [2.05, 4.69) is 20.2 Å². The molecular weight excluding hydrogens is 464 g/mol. The number of carbonyl (C=O) groups is 1. The molecule has 0 aliphatic heterocycles. The molecule has 10 heteroatoms. The van der Waals surface area contributed by atoms with E-state index in [0.717, 1.165) is 10.1 Å². The quantitative estimate of drug-likeness (QED) is 0.274. The van der Waals surface area contributed by atoms with Gasteiger partial charge in [0.05, 0.1) is 4.90 Å². The minimum Gasteiger partial charge on any atom is -0.296 e. The van der Waals surface area contributed by atoms with Gasteiger partial charge in [-0.1, -0.05) is 71.6 Å². The highest BCUT2D eigenvalue weighted by Gasteiger charge is 2.15. The van der Waals surface area contributed by atoms with Crippen molar-refractivity contribution in [3.63, 3.8) is 0 Å². The van der Waals surface area contributed by atoms with Crippen molar-refractivity contribution in [3.8, 4) is 0 Å². The van der Waals surface area contributed by atoms with Gasteiger partial charge < -0.3 is 0 Å². The van der Waals surface area contributed by atoms with E-state index >= 15 is 0 Å². The standard InChI is InChI=1S/C22H18N4O3S3/c27-20(23-21-24-25-22(31-21)30-15-16-7-3-1-4-8-16)17-11-13-18(14-12-17)26-32(28,29)19-9-5-2-6-10-19/h1-14,26H,15H2,(H,23,24,27). The van der Waals surface area contributed by atoms with Gasteiger partial charge in [0.15, 0.2) is 4.34 Å². The normalized spacial score (nSPS) is 11.1. The summed E-state index contributed by atoms with van der Waals surface area (Å²) in [6.45, 7) is 0. The van der Waals surface area contributed by atoms with Crippen LogP contribution in [-0.2, 0) is 15.8 Å². The van der Waals surface area contributed by atoms with Crippen LogP contribution in [0.25, 0.3) is 0 Å².